The summed E-state index contributed by atoms with van der Waals surface area (Å²) in [5, 5.41) is 11.1. The normalized spacial score (nSPS) is 18.7. The number of piperazine rings is 1. The number of allylic oxidation sites excluding steroid dienone is 2. The van der Waals surface area contributed by atoms with E-state index in [1.54, 1.807) is 47.5 Å². The predicted molar refractivity (Wildman–Crippen MR) is 135 cm³/mol. The highest BCUT2D eigenvalue weighted by atomic mass is 19.4. The number of hydrogen-bond acceptors (Lipinski definition) is 7. The molecule has 0 bridgehead atoms. The molecule has 198 valence electrons. The summed E-state index contributed by atoms with van der Waals surface area (Å²) in [5.41, 5.74) is 3.78. The van der Waals surface area contributed by atoms with E-state index in [2.05, 4.69) is 30.5 Å². The molecule has 0 radical (unpaired) electrons. The molecule has 1 atom stereocenters. The summed E-state index contributed by atoms with van der Waals surface area (Å²) in [4.78, 5) is 25.2. The van der Waals surface area contributed by atoms with Gasteiger partial charge >= 0.3 is 6.18 Å². The van der Waals surface area contributed by atoms with Gasteiger partial charge in [0.2, 0.25) is 0 Å². The first kappa shape index (κ1) is 25.6. The molecule has 1 aromatic carbocycles. The topological polar surface area (TPSA) is 92.1 Å². The molecule has 1 fully saturated rings. The number of likely N-dealkylation sites (N-methyl/N-ethyl adjacent to an activating group) is 1. The molecule has 0 saturated carbocycles. The Morgan fingerprint density at radius 2 is 1.84 bits per heavy atom. The maximum atomic E-state index is 13.8. The molecule has 1 amide bonds. The molecule has 2 aromatic heterocycles. The maximum Gasteiger partial charge on any atom is 0.395 e. The van der Waals surface area contributed by atoms with E-state index in [9.17, 15) is 18.0 Å². The molecule has 1 aliphatic carbocycles. The van der Waals surface area contributed by atoms with Gasteiger partial charge in [0.1, 0.15) is 12.0 Å². The van der Waals surface area contributed by atoms with Gasteiger partial charge in [-0.3, -0.25) is 4.79 Å². The summed E-state index contributed by atoms with van der Waals surface area (Å²) in [7, 11) is 1.98. The molecule has 1 aliphatic heterocycles. The van der Waals surface area contributed by atoms with Crippen molar-refractivity contribution in [1.29, 1.82) is 0 Å². The minimum absolute atomic E-state index is 0.00162. The summed E-state index contributed by atoms with van der Waals surface area (Å²) < 4.78 is 42.9. The number of hydrogen-bond donors (Lipinski definition) is 1. The summed E-state index contributed by atoms with van der Waals surface area (Å²) in [6.07, 6.45) is 4.39. The van der Waals surface area contributed by atoms with E-state index < -0.39 is 18.0 Å². The zero-order chi connectivity index (χ0) is 26.9. The number of anilines is 1. The van der Waals surface area contributed by atoms with Crippen molar-refractivity contribution in [3.05, 3.63) is 72.1 Å². The van der Waals surface area contributed by atoms with Crippen LogP contribution < -0.4 is 5.32 Å². The fourth-order valence-electron chi connectivity index (χ4n) is 4.54. The summed E-state index contributed by atoms with van der Waals surface area (Å²) >= 11 is 0. The van der Waals surface area contributed by atoms with E-state index in [0.29, 0.717) is 41.4 Å². The Hall–Kier alpha value is -4.06. The summed E-state index contributed by atoms with van der Waals surface area (Å²) in [5.74, 6) is -2.31. The van der Waals surface area contributed by atoms with Gasteiger partial charge in [0.25, 0.3) is 5.91 Å². The number of aromatic nitrogens is 5. The number of halogens is 3. The number of carbonyl (C=O) groups excluding carboxylic acids is 1. The van der Waals surface area contributed by atoms with Crippen LogP contribution in [0, 0.1) is 12.8 Å². The van der Waals surface area contributed by atoms with Crippen LogP contribution in [0.4, 0.5) is 18.9 Å². The molecule has 3 aromatic rings. The van der Waals surface area contributed by atoms with Crippen LogP contribution in [0.15, 0.2) is 66.5 Å². The van der Waals surface area contributed by atoms with Gasteiger partial charge in [-0.15, -0.1) is 5.10 Å². The molecule has 1 saturated heterocycles. The molecule has 1 N–H and O–H groups in total. The van der Waals surface area contributed by atoms with Crippen LogP contribution in [0.5, 0.6) is 0 Å². The van der Waals surface area contributed by atoms with Crippen molar-refractivity contribution in [2.45, 2.75) is 19.5 Å². The highest BCUT2D eigenvalue weighted by Crippen LogP contribution is 2.37. The third-order valence-electron chi connectivity index (χ3n) is 6.79. The van der Waals surface area contributed by atoms with Gasteiger partial charge in [-0.05, 0) is 37.7 Å². The molecule has 9 nitrogen and oxygen atoms in total. The largest absolute Gasteiger partial charge is 0.395 e. The van der Waals surface area contributed by atoms with Gasteiger partial charge in [-0.2, -0.15) is 13.2 Å². The van der Waals surface area contributed by atoms with Gasteiger partial charge in [0.05, 0.1) is 17.8 Å². The lowest BCUT2D eigenvalue weighted by molar-refractivity contribution is -0.162. The number of nitrogens with zero attached hydrogens (tertiary/aromatic N) is 7. The van der Waals surface area contributed by atoms with E-state index in [-0.39, 0.29) is 12.0 Å². The molecule has 1 unspecified atom stereocenters. The SMILES string of the molecule is Cc1ccc(NC(=O)C2=CC(C(F)(F)F)CC(N3CCN(C)CC3)=C2)cc1-n1cc(-c2cncnc2)nn1. The lowest BCUT2D eigenvalue weighted by Crippen LogP contribution is -2.45. The van der Waals surface area contributed by atoms with Gasteiger partial charge in [-0.1, -0.05) is 17.4 Å². The second kappa shape index (κ2) is 10.4. The van der Waals surface area contributed by atoms with Crippen LogP contribution in [-0.4, -0.2) is 80.1 Å². The van der Waals surface area contributed by atoms with Crippen LogP contribution in [0.2, 0.25) is 0 Å². The number of carbonyl (C=O) groups is 1. The standard InChI is InChI=1S/C26H27F3N8O/c1-17-3-4-21(12-24(17)37-15-23(33-34-37)19-13-30-16-31-14-19)32-25(38)18-9-20(26(27,28)29)11-22(10-18)36-7-5-35(2)6-8-36/h3-4,9-10,12-16,20H,5-8,11H2,1-2H3,(H,32,38). The smallest absolute Gasteiger partial charge is 0.372 e. The molecular formula is C26H27F3N8O. The first-order valence-electron chi connectivity index (χ1n) is 12.2. The summed E-state index contributed by atoms with van der Waals surface area (Å²) in [6.45, 7) is 4.65. The highest BCUT2D eigenvalue weighted by Gasteiger charge is 2.41. The third-order valence-corrected chi connectivity index (χ3v) is 6.79. The highest BCUT2D eigenvalue weighted by molar-refractivity contribution is 6.06. The number of amides is 1. The Morgan fingerprint density at radius 3 is 2.55 bits per heavy atom. The van der Waals surface area contributed by atoms with E-state index in [0.717, 1.165) is 24.7 Å². The lowest BCUT2D eigenvalue weighted by atomic mass is 9.91. The fourth-order valence-corrected chi connectivity index (χ4v) is 4.54. The van der Waals surface area contributed by atoms with E-state index in [1.807, 2.05) is 18.9 Å². The number of rotatable bonds is 5. The average Bonchev–Trinajstić information content (AvgIpc) is 3.40. The number of benzene rings is 1. The second-order valence-electron chi connectivity index (χ2n) is 9.53. The molecular weight excluding hydrogens is 497 g/mol. The fraction of sp³-hybridized carbons (Fsp3) is 0.346. The van der Waals surface area contributed by atoms with Gasteiger partial charge in [0, 0.05) is 67.5 Å². The quantitative estimate of drug-likeness (QED) is 0.545. The third kappa shape index (κ3) is 5.59. The number of aryl methyl sites for hydroxylation is 1. The Morgan fingerprint density at radius 1 is 1.11 bits per heavy atom. The van der Waals surface area contributed by atoms with Crippen molar-refractivity contribution >= 4 is 11.6 Å². The molecule has 0 spiro atoms. The van der Waals surface area contributed by atoms with Crippen LogP contribution in [-0.2, 0) is 4.79 Å². The predicted octanol–water partition coefficient (Wildman–Crippen LogP) is 3.61. The number of nitrogens with one attached hydrogen (secondary N) is 1. The van der Waals surface area contributed by atoms with E-state index in [1.165, 1.54) is 6.33 Å². The van der Waals surface area contributed by atoms with Crippen LogP contribution in [0.3, 0.4) is 0 Å². The molecule has 3 heterocycles. The van der Waals surface area contributed by atoms with Crippen LogP contribution >= 0.6 is 0 Å². The molecule has 12 heteroatoms. The van der Waals surface area contributed by atoms with Crippen molar-refractivity contribution in [2.75, 3.05) is 38.5 Å². The van der Waals surface area contributed by atoms with E-state index >= 15 is 0 Å². The Balaban J connectivity index is 1.38. The molecule has 5 rings (SSSR count). The first-order valence-corrected chi connectivity index (χ1v) is 12.2. The van der Waals surface area contributed by atoms with Gasteiger partial charge in [-0.25, -0.2) is 14.6 Å². The Labute approximate surface area is 217 Å². The zero-order valence-corrected chi connectivity index (χ0v) is 21.0. The van der Waals surface area contributed by atoms with Gasteiger partial charge in [0.15, 0.2) is 0 Å². The minimum Gasteiger partial charge on any atom is -0.372 e. The average molecular weight is 525 g/mol. The van der Waals surface area contributed by atoms with Crippen molar-refractivity contribution in [3.8, 4) is 16.9 Å². The minimum atomic E-state index is -4.44. The second-order valence-corrected chi connectivity index (χ2v) is 9.53. The van der Waals surface area contributed by atoms with Crippen molar-refractivity contribution < 1.29 is 18.0 Å². The van der Waals surface area contributed by atoms with Crippen molar-refractivity contribution in [1.82, 2.24) is 34.8 Å². The van der Waals surface area contributed by atoms with Crippen LogP contribution in [0.1, 0.15) is 12.0 Å². The monoisotopic (exact) mass is 524 g/mol. The van der Waals surface area contributed by atoms with Gasteiger partial charge < -0.3 is 15.1 Å². The number of alkyl halides is 3. The lowest BCUT2D eigenvalue weighted by Gasteiger charge is -2.38. The molecule has 38 heavy (non-hydrogen) atoms. The first-order chi connectivity index (χ1) is 18.2. The Bertz CT molecular complexity index is 1370. The van der Waals surface area contributed by atoms with Crippen molar-refractivity contribution in [3.63, 3.8) is 0 Å². The zero-order valence-electron chi connectivity index (χ0n) is 21.0. The maximum absolute atomic E-state index is 13.8. The van der Waals surface area contributed by atoms with E-state index in [4.69, 9.17) is 0 Å². The molecule has 2 aliphatic rings. The Kier molecular flexibility index (Phi) is 6.98. The van der Waals surface area contributed by atoms with Crippen molar-refractivity contribution in [2.24, 2.45) is 5.92 Å². The summed E-state index contributed by atoms with van der Waals surface area (Å²) in [6, 6.07) is 5.22. The van der Waals surface area contributed by atoms with Crippen LogP contribution in [0.25, 0.3) is 16.9 Å².